The Labute approximate surface area is 173 Å². The van der Waals surface area contributed by atoms with Crippen LogP contribution in [0.15, 0.2) is 36.4 Å². The number of unbranched alkanes of at least 4 members (excludes halogenated alkanes) is 3. The minimum Gasteiger partial charge on any atom is -0.497 e. The van der Waals surface area contributed by atoms with Crippen molar-refractivity contribution in [2.24, 2.45) is 0 Å². The molecule has 0 fully saturated rings. The second-order valence-corrected chi connectivity index (χ2v) is 7.05. The molecule has 0 saturated carbocycles. The van der Waals surface area contributed by atoms with Crippen LogP contribution in [0.4, 0.5) is 4.79 Å². The van der Waals surface area contributed by atoms with Crippen molar-refractivity contribution in [3.8, 4) is 5.75 Å². The first-order chi connectivity index (χ1) is 14.0. The summed E-state index contributed by atoms with van der Waals surface area (Å²) in [6.45, 7) is 5.39. The largest absolute Gasteiger partial charge is 0.497 e. The van der Waals surface area contributed by atoms with E-state index in [9.17, 15) is 9.59 Å². The van der Waals surface area contributed by atoms with E-state index in [1.165, 1.54) is 0 Å². The summed E-state index contributed by atoms with van der Waals surface area (Å²) in [5.74, 6) is 0.671. The Morgan fingerprint density at radius 1 is 0.931 bits per heavy atom. The molecule has 0 spiro atoms. The number of methoxy groups -OCH3 is 1. The maximum absolute atomic E-state index is 12.5. The third-order valence-electron chi connectivity index (χ3n) is 4.91. The number of fused-ring (bicyclic) bond motifs is 1. The van der Waals surface area contributed by atoms with Crippen molar-refractivity contribution in [1.29, 1.82) is 0 Å². The number of hydrogen-bond donors (Lipinski definition) is 2. The minimum absolute atomic E-state index is 0.0434. The molecule has 2 rings (SSSR count). The molecule has 0 radical (unpaired) electrons. The number of hydrogen-bond acceptors (Lipinski definition) is 4. The van der Waals surface area contributed by atoms with Crippen LogP contribution in [0.25, 0.3) is 10.8 Å². The molecular weight excluding hydrogens is 368 g/mol. The number of rotatable bonds is 11. The van der Waals surface area contributed by atoms with Crippen LogP contribution < -0.4 is 15.4 Å². The van der Waals surface area contributed by atoms with Gasteiger partial charge in [-0.15, -0.1) is 0 Å². The van der Waals surface area contributed by atoms with Gasteiger partial charge in [-0.05, 0) is 55.2 Å². The molecule has 0 saturated heterocycles. The van der Waals surface area contributed by atoms with E-state index in [0.717, 1.165) is 47.8 Å². The lowest BCUT2D eigenvalue weighted by Gasteiger charge is -2.14. The van der Waals surface area contributed by atoms with Gasteiger partial charge in [0, 0.05) is 13.1 Å². The second-order valence-electron chi connectivity index (χ2n) is 7.05. The normalized spacial score (nSPS) is 11.7. The monoisotopic (exact) mass is 400 g/mol. The Hall–Kier alpha value is -2.76. The first-order valence-electron chi connectivity index (χ1n) is 10.3. The summed E-state index contributed by atoms with van der Waals surface area (Å²) in [6.07, 6.45) is 3.49. The molecule has 6 heteroatoms. The molecule has 158 valence electrons. The standard InChI is InChI=1S/C23H32N2O4/c1-4-29-23(27)25-14-8-6-5-7-13-24-22(26)17(2)18-9-10-20-16-21(28-3)12-11-19(20)15-18/h9-12,15-17H,4-8,13-14H2,1-3H3,(H,24,26)(H,25,27)/t17-/m0/s1. The molecule has 0 aliphatic heterocycles. The van der Waals surface area contributed by atoms with E-state index in [1.807, 2.05) is 37.3 Å². The van der Waals surface area contributed by atoms with Crippen LogP contribution in [0.2, 0.25) is 0 Å². The highest BCUT2D eigenvalue weighted by molar-refractivity contribution is 5.88. The van der Waals surface area contributed by atoms with Crippen LogP contribution in [0.5, 0.6) is 5.75 Å². The van der Waals surface area contributed by atoms with Crippen molar-refractivity contribution >= 4 is 22.8 Å². The van der Waals surface area contributed by atoms with Gasteiger partial charge in [0.25, 0.3) is 0 Å². The molecule has 6 nitrogen and oxygen atoms in total. The van der Waals surface area contributed by atoms with Gasteiger partial charge in [-0.25, -0.2) is 4.79 Å². The molecular formula is C23H32N2O4. The van der Waals surface area contributed by atoms with Gasteiger partial charge in [0.2, 0.25) is 5.91 Å². The predicted octanol–water partition coefficient (Wildman–Crippen LogP) is 4.37. The van der Waals surface area contributed by atoms with Crippen LogP contribution in [-0.4, -0.2) is 38.8 Å². The fraction of sp³-hybridized carbons (Fsp3) is 0.478. The molecule has 29 heavy (non-hydrogen) atoms. The fourth-order valence-corrected chi connectivity index (χ4v) is 3.13. The van der Waals surface area contributed by atoms with Crippen molar-refractivity contribution in [3.05, 3.63) is 42.0 Å². The highest BCUT2D eigenvalue weighted by Crippen LogP contribution is 2.25. The zero-order valence-electron chi connectivity index (χ0n) is 17.6. The smallest absolute Gasteiger partial charge is 0.407 e. The second kappa shape index (κ2) is 11.9. The lowest BCUT2D eigenvalue weighted by atomic mass is 9.97. The molecule has 2 amide bonds. The molecule has 2 aromatic carbocycles. The van der Waals surface area contributed by atoms with E-state index < -0.39 is 0 Å². The SMILES string of the molecule is CCOC(=O)NCCCCCCNC(=O)[C@@H](C)c1ccc2cc(OC)ccc2c1. The lowest BCUT2D eigenvalue weighted by molar-refractivity contribution is -0.122. The Bertz CT molecular complexity index is 807. The summed E-state index contributed by atoms with van der Waals surface area (Å²) in [4.78, 5) is 23.6. The summed E-state index contributed by atoms with van der Waals surface area (Å²) >= 11 is 0. The summed E-state index contributed by atoms with van der Waals surface area (Å²) in [7, 11) is 1.66. The van der Waals surface area contributed by atoms with E-state index in [0.29, 0.717) is 19.7 Å². The number of alkyl carbamates (subject to hydrolysis) is 1. The van der Waals surface area contributed by atoms with E-state index in [2.05, 4.69) is 16.7 Å². The van der Waals surface area contributed by atoms with Crippen molar-refractivity contribution in [2.75, 3.05) is 26.8 Å². The summed E-state index contributed by atoms with van der Waals surface area (Å²) in [5, 5.41) is 7.92. The zero-order chi connectivity index (χ0) is 21.1. The average molecular weight is 401 g/mol. The van der Waals surface area contributed by atoms with Gasteiger partial charge >= 0.3 is 6.09 Å². The van der Waals surface area contributed by atoms with Crippen molar-refractivity contribution in [3.63, 3.8) is 0 Å². The molecule has 2 N–H and O–H groups in total. The molecule has 0 aromatic heterocycles. The molecule has 1 atom stereocenters. The van der Waals surface area contributed by atoms with Crippen LogP contribution in [0.3, 0.4) is 0 Å². The summed E-state index contributed by atoms with van der Waals surface area (Å²) in [6, 6.07) is 12.0. The highest BCUT2D eigenvalue weighted by atomic mass is 16.5. The van der Waals surface area contributed by atoms with Gasteiger partial charge in [0.05, 0.1) is 19.6 Å². The third-order valence-corrected chi connectivity index (χ3v) is 4.91. The van der Waals surface area contributed by atoms with Crippen molar-refractivity contribution in [1.82, 2.24) is 10.6 Å². The first kappa shape index (κ1) is 22.5. The predicted molar refractivity (Wildman–Crippen MR) is 115 cm³/mol. The molecule has 2 aromatic rings. The van der Waals surface area contributed by atoms with Gasteiger partial charge in [-0.1, -0.05) is 37.1 Å². The van der Waals surface area contributed by atoms with Crippen LogP contribution in [0, 0.1) is 0 Å². The van der Waals surface area contributed by atoms with E-state index in [1.54, 1.807) is 14.0 Å². The molecule has 0 heterocycles. The van der Waals surface area contributed by atoms with Crippen LogP contribution in [-0.2, 0) is 9.53 Å². The Balaban J connectivity index is 1.68. The minimum atomic E-state index is -0.360. The zero-order valence-corrected chi connectivity index (χ0v) is 17.6. The van der Waals surface area contributed by atoms with Gasteiger partial charge < -0.3 is 20.1 Å². The molecule has 0 aliphatic rings. The first-order valence-corrected chi connectivity index (χ1v) is 10.3. The quantitative estimate of drug-likeness (QED) is 0.549. The van der Waals surface area contributed by atoms with Crippen LogP contribution >= 0.6 is 0 Å². The molecule has 0 bridgehead atoms. The van der Waals surface area contributed by atoms with Gasteiger partial charge in [-0.3, -0.25) is 4.79 Å². The van der Waals surface area contributed by atoms with E-state index in [-0.39, 0.29) is 17.9 Å². The number of ether oxygens (including phenoxy) is 2. The Kier molecular flexibility index (Phi) is 9.28. The number of benzene rings is 2. The fourth-order valence-electron chi connectivity index (χ4n) is 3.13. The number of carbonyl (C=O) groups excluding carboxylic acids is 2. The number of carbonyl (C=O) groups is 2. The van der Waals surface area contributed by atoms with Crippen molar-refractivity contribution < 1.29 is 19.1 Å². The summed E-state index contributed by atoms with van der Waals surface area (Å²) < 4.78 is 10.1. The highest BCUT2D eigenvalue weighted by Gasteiger charge is 2.15. The summed E-state index contributed by atoms with van der Waals surface area (Å²) in [5.41, 5.74) is 1.00. The van der Waals surface area contributed by atoms with Crippen LogP contribution in [0.1, 0.15) is 51.0 Å². The molecule has 0 unspecified atom stereocenters. The Morgan fingerprint density at radius 2 is 1.59 bits per heavy atom. The molecule has 0 aliphatic carbocycles. The lowest BCUT2D eigenvalue weighted by Crippen LogP contribution is -2.29. The third kappa shape index (κ3) is 7.29. The maximum atomic E-state index is 12.5. The number of nitrogens with one attached hydrogen (secondary N) is 2. The van der Waals surface area contributed by atoms with Gasteiger partial charge in [0.1, 0.15) is 5.75 Å². The number of amides is 2. The van der Waals surface area contributed by atoms with E-state index in [4.69, 9.17) is 9.47 Å². The maximum Gasteiger partial charge on any atom is 0.407 e. The van der Waals surface area contributed by atoms with Gasteiger partial charge in [-0.2, -0.15) is 0 Å². The van der Waals surface area contributed by atoms with Gasteiger partial charge in [0.15, 0.2) is 0 Å². The van der Waals surface area contributed by atoms with E-state index >= 15 is 0 Å². The topological polar surface area (TPSA) is 76.7 Å². The van der Waals surface area contributed by atoms with Crippen molar-refractivity contribution in [2.45, 2.75) is 45.4 Å². The average Bonchev–Trinajstić information content (AvgIpc) is 2.74. The Morgan fingerprint density at radius 3 is 2.28 bits per heavy atom.